The average molecular weight is 399 g/mol. The lowest BCUT2D eigenvalue weighted by Crippen LogP contribution is -2.40. The summed E-state index contributed by atoms with van der Waals surface area (Å²) in [4.78, 5) is 14.8. The van der Waals surface area contributed by atoms with E-state index in [1.165, 1.54) is 5.56 Å². The van der Waals surface area contributed by atoms with E-state index >= 15 is 0 Å². The molecule has 7 heteroatoms. The monoisotopic (exact) mass is 399 g/mol. The molecule has 0 saturated carbocycles. The molecule has 0 aliphatic carbocycles. The molecule has 156 valence electrons. The number of benzene rings is 1. The number of amides is 1. The molecule has 2 aliphatic rings. The zero-order chi connectivity index (χ0) is 20.1. The van der Waals surface area contributed by atoms with Gasteiger partial charge in [-0.15, -0.1) is 0 Å². The Labute approximate surface area is 171 Å². The van der Waals surface area contributed by atoms with Crippen LogP contribution in [0.1, 0.15) is 53.4 Å². The summed E-state index contributed by atoms with van der Waals surface area (Å²) in [6, 6.07) is 10.1. The fourth-order valence-corrected chi connectivity index (χ4v) is 4.08. The van der Waals surface area contributed by atoms with Crippen molar-refractivity contribution in [1.29, 1.82) is 0 Å². The molecule has 1 aromatic heterocycles. The van der Waals surface area contributed by atoms with E-state index in [-0.39, 0.29) is 11.9 Å². The second-order valence-electron chi connectivity index (χ2n) is 7.90. The minimum absolute atomic E-state index is 0.0611. The molecule has 0 radical (unpaired) electrons. The summed E-state index contributed by atoms with van der Waals surface area (Å²) in [6.07, 6.45) is 3.95. The predicted molar refractivity (Wildman–Crippen MR) is 108 cm³/mol. The third-order valence-corrected chi connectivity index (χ3v) is 5.82. The first-order chi connectivity index (χ1) is 14.2. The molecule has 1 N–H and O–H groups in total. The molecule has 2 aliphatic heterocycles. The van der Waals surface area contributed by atoms with Gasteiger partial charge in [-0.05, 0) is 56.5 Å². The summed E-state index contributed by atoms with van der Waals surface area (Å²) in [5.41, 5.74) is 2.18. The molecule has 1 amide bonds. The zero-order valence-electron chi connectivity index (χ0n) is 16.9. The van der Waals surface area contributed by atoms with E-state index in [0.717, 1.165) is 63.4 Å². The topological polar surface area (TPSA) is 76.8 Å². The number of hydrogen-bond acceptors (Lipinski definition) is 6. The SMILES string of the molecule is COc1ccc(CN2CCC(c3cc(C(=O)N[C@@H]4CCCOC4)on3)CC2)cc1. The second-order valence-corrected chi connectivity index (χ2v) is 7.90. The van der Waals surface area contributed by atoms with Crippen LogP contribution in [0, 0.1) is 0 Å². The van der Waals surface area contributed by atoms with Crippen molar-refractivity contribution < 1.29 is 18.8 Å². The molecule has 1 atom stereocenters. The van der Waals surface area contributed by atoms with Crippen molar-refractivity contribution in [1.82, 2.24) is 15.4 Å². The van der Waals surface area contributed by atoms with Gasteiger partial charge in [0.15, 0.2) is 0 Å². The Kier molecular flexibility index (Phi) is 6.46. The van der Waals surface area contributed by atoms with Crippen molar-refractivity contribution in [3.63, 3.8) is 0 Å². The largest absolute Gasteiger partial charge is 0.497 e. The summed E-state index contributed by atoms with van der Waals surface area (Å²) in [6.45, 7) is 4.29. The quantitative estimate of drug-likeness (QED) is 0.805. The number of carbonyl (C=O) groups is 1. The number of carbonyl (C=O) groups excluding carboxylic acids is 1. The highest BCUT2D eigenvalue weighted by Crippen LogP contribution is 2.28. The highest BCUT2D eigenvalue weighted by molar-refractivity contribution is 5.91. The van der Waals surface area contributed by atoms with E-state index in [1.54, 1.807) is 7.11 Å². The lowest BCUT2D eigenvalue weighted by atomic mass is 9.93. The van der Waals surface area contributed by atoms with Crippen LogP contribution in [0.25, 0.3) is 0 Å². The maximum Gasteiger partial charge on any atom is 0.290 e. The maximum atomic E-state index is 12.4. The fraction of sp³-hybridized carbons (Fsp3) is 0.545. The van der Waals surface area contributed by atoms with Crippen LogP contribution < -0.4 is 10.1 Å². The van der Waals surface area contributed by atoms with E-state index in [2.05, 4.69) is 27.5 Å². The highest BCUT2D eigenvalue weighted by atomic mass is 16.5. The van der Waals surface area contributed by atoms with Gasteiger partial charge in [0.25, 0.3) is 5.91 Å². The molecule has 29 heavy (non-hydrogen) atoms. The minimum atomic E-state index is -0.198. The average Bonchev–Trinajstić information content (AvgIpc) is 3.26. The Balaban J connectivity index is 1.26. The first-order valence-electron chi connectivity index (χ1n) is 10.4. The molecule has 1 aromatic carbocycles. The second kappa shape index (κ2) is 9.41. The first kappa shape index (κ1) is 19.9. The number of likely N-dealkylation sites (tertiary alicyclic amines) is 1. The molecule has 2 aromatic rings. The zero-order valence-corrected chi connectivity index (χ0v) is 16.9. The van der Waals surface area contributed by atoms with Crippen LogP contribution in [-0.2, 0) is 11.3 Å². The summed E-state index contributed by atoms with van der Waals surface area (Å²) in [5.74, 6) is 1.32. The van der Waals surface area contributed by atoms with Crippen molar-refractivity contribution >= 4 is 5.91 Å². The number of rotatable bonds is 6. The number of nitrogens with one attached hydrogen (secondary N) is 1. The third-order valence-electron chi connectivity index (χ3n) is 5.82. The molecule has 0 spiro atoms. The standard InChI is InChI=1S/C22H29N3O4/c1-27-19-6-4-16(5-7-19)14-25-10-8-17(9-11-25)20-13-21(29-24-20)22(26)23-18-3-2-12-28-15-18/h4-7,13,17-18H,2-3,8-12,14-15H2,1H3,(H,23,26)/t18-/m1/s1. The van der Waals surface area contributed by atoms with Crippen molar-refractivity contribution in [3.05, 3.63) is 47.3 Å². The van der Waals surface area contributed by atoms with Gasteiger partial charge in [0.2, 0.25) is 5.76 Å². The summed E-state index contributed by atoms with van der Waals surface area (Å²) in [7, 11) is 1.68. The maximum absolute atomic E-state index is 12.4. The Morgan fingerprint density at radius 1 is 1.24 bits per heavy atom. The summed E-state index contributed by atoms with van der Waals surface area (Å²) < 4.78 is 16.0. The molecule has 4 rings (SSSR count). The van der Waals surface area contributed by atoms with Gasteiger partial charge >= 0.3 is 0 Å². The molecule has 2 saturated heterocycles. The van der Waals surface area contributed by atoms with Crippen molar-refractivity contribution in [2.75, 3.05) is 33.4 Å². The van der Waals surface area contributed by atoms with E-state index in [1.807, 2.05) is 18.2 Å². The van der Waals surface area contributed by atoms with E-state index in [0.29, 0.717) is 18.3 Å². The van der Waals surface area contributed by atoms with Gasteiger partial charge in [0.1, 0.15) is 5.75 Å². The van der Waals surface area contributed by atoms with Gasteiger partial charge in [-0.3, -0.25) is 9.69 Å². The third kappa shape index (κ3) is 5.16. The van der Waals surface area contributed by atoms with Crippen LogP contribution in [0.2, 0.25) is 0 Å². The number of nitrogens with zero attached hydrogens (tertiary/aromatic N) is 2. The number of hydrogen-bond donors (Lipinski definition) is 1. The fourth-order valence-electron chi connectivity index (χ4n) is 4.08. The Bertz CT molecular complexity index is 791. The molecule has 3 heterocycles. The Hall–Kier alpha value is -2.38. The molecule has 0 bridgehead atoms. The van der Waals surface area contributed by atoms with Crippen LogP contribution >= 0.6 is 0 Å². The minimum Gasteiger partial charge on any atom is -0.497 e. The summed E-state index contributed by atoms with van der Waals surface area (Å²) >= 11 is 0. The molecule has 2 fully saturated rings. The van der Waals surface area contributed by atoms with Gasteiger partial charge < -0.3 is 19.3 Å². The van der Waals surface area contributed by atoms with Gasteiger partial charge in [-0.1, -0.05) is 17.3 Å². The van der Waals surface area contributed by atoms with Gasteiger partial charge in [-0.25, -0.2) is 0 Å². The number of aromatic nitrogens is 1. The van der Waals surface area contributed by atoms with Gasteiger partial charge in [0, 0.05) is 25.1 Å². The van der Waals surface area contributed by atoms with Crippen LogP contribution in [0.15, 0.2) is 34.9 Å². The predicted octanol–water partition coefficient (Wildman–Crippen LogP) is 2.97. The van der Waals surface area contributed by atoms with Crippen LogP contribution in [0.3, 0.4) is 0 Å². The molecule has 7 nitrogen and oxygen atoms in total. The summed E-state index contributed by atoms with van der Waals surface area (Å²) in [5, 5.41) is 7.16. The Morgan fingerprint density at radius 3 is 2.72 bits per heavy atom. The number of methoxy groups -OCH3 is 1. The van der Waals surface area contributed by atoms with E-state index < -0.39 is 0 Å². The highest BCUT2D eigenvalue weighted by Gasteiger charge is 2.26. The van der Waals surface area contributed by atoms with Crippen molar-refractivity contribution in [2.45, 2.75) is 44.2 Å². The van der Waals surface area contributed by atoms with E-state index in [9.17, 15) is 4.79 Å². The molecule has 0 unspecified atom stereocenters. The van der Waals surface area contributed by atoms with Gasteiger partial charge in [-0.2, -0.15) is 0 Å². The smallest absolute Gasteiger partial charge is 0.290 e. The normalized spacial score (nSPS) is 21.1. The van der Waals surface area contributed by atoms with Gasteiger partial charge in [0.05, 0.1) is 25.5 Å². The van der Waals surface area contributed by atoms with Crippen LogP contribution in [0.4, 0.5) is 0 Å². The van der Waals surface area contributed by atoms with Crippen molar-refractivity contribution in [3.8, 4) is 5.75 Å². The van der Waals surface area contributed by atoms with E-state index in [4.69, 9.17) is 14.0 Å². The molecular formula is C22H29N3O4. The number of ether oxygens (including phenoxy) is 2. The number of piperidine rings is 1. The first-order valence-corrected chi connectivity index (χ1v) is 10.4. The van der Waals surface area contributed by atoms with Crippen molar-refractivity contribution in [2.24, 2.45) is 0 Å². The lowest BCUT2D eigenvalue weighted by Gasteiger charge is -2.31. The lowest BCUT2D eigenvalue weighted by molar-refractivity contribution is 0.0608. The van der Waals surface area contributed by atoms with Crippen LogP contribution in [0.5, 0.6) is 5.75 Å². The molecular weight excluding hydrogens is 370 g/mol. The Morgan fingerprint density at radius 2 is 2.03 bits per heavy atom. The van der Waals surface area contributed by atoms with Crippen LogP contribution in [-0.4, -0.2) is 55.4 Å².